The lowest BCUT2D eigenvalue weighted by molar-refractivity contribution is -0.130. The summed E-state index contributed by atoms with van der Waals surface area (Å²) in [5, 5.41) is 0. The molecule has 0 aliphatic carbocycles. The number of pyridine rings is 1. The summed E-state index contributed by atoms with van der Waals surface area (Å²) in [6, 6.07) is 12.6. The number of aromatic nitrogens is 1. The second-order valence-corrected chi connectivity index (χ2v) is 6.26. The van der Waals surface area contributed by atoms with Gasteiger partial charge in [-0.05, 0) is 31.0 Å². The van der Waals surface area contributed by atoms with Crippen LogP contribution in [0, 0.1) is 0 Å². The summed E-state index contributed by atoms with van der Waals surface area (Å²) in [5.41, 5.74) is 0.475. The van der Waals surface area contributed by atoms with Gasteiger partial charge >= 0.3 is 0 Å². The third-order valence-electron chi connectivity index (χ3n) is 4.26. The zero-order valence-electron chi connectivity index (χ0n) is 14.9. The number of carbonyl (C=O) groups is 2. The minimum Gasteiger partial charge on any atom is -0.439 e. The molecule has 26 heavy (non-hydrogen) atoms. The molecule has 1 aromatic carbocycles. The van der Waals surface area contributed by atoms with Crippen LogP contribution in [0.1, 0.15) is 30.1 Å². The van der Waals surface area contributed by atoms with Crippen molar-refractivity contribution in [2.75, 3.05) is 26.2 Å². The Hall–Kier alpha value is -2.89. The van der Waals surface area contributed by atoms with Gasteiger partial charge in [0.05, 0.1) is 0 Å². The average Bonchev–Trinajstić information content (AvgIpc) is 2.84. The monoisotopic (exact) mass is 353 g/mol. The molecule has 6 nitrogen and oxygen atoms in total. The third kappa shape index (κ3) is 4.39. The first-order valence-electron chi connectivity index (χ1n) is 8.93. The smallest absolute Gasteiger partial charge is 0.254 e. The highest BCUT2D eigenvalue weighted by molar-refractivity contribution is 5.96. The van der Waals surface area contributed by atoms with Crippen molar-refractivity contribution >= 4 is 11.8 Å². The Morgan fingerprint density at radius 3 is 2.77 bits per heavy atom. The van der Waals surface area contributed by atoms with Gasteiger partial charge in [-0.25, -0.2) is 4.98 Å². The first-order valence-corrected chi connectivity index (χ1v) is 8.93. The van der Waals surface area contributed by atoms with Crippen molar-refractivity contribution in [2.24, 2.45) is 0 Å². The second-order valence-electron chi connectivity index (χ2n) is 6.26. The van der Waals surface area contributed by atoms with E-state index in [1.54, 1.807) is 23.2 Å². The van der Waals surface area contributed by atoms with Crippen LogP contribution in [-0.2, 0) is 4.79 Å². The van der Waals surface area contributed by atoms with Gasteiger partial charge in [-0.2, -0.15) is 0 Å². The molecular formula is C20H23N3O3. The summed E-state index contributed by atoms with van der Waals surface area (Å²) in [5.74, 6) is 0.852. The minimum absolute atomic E-state index is 0.00696. The Balaban J connectivity index is 1.71. The fraction of sp³-hybridized carbons (Fsp3) is 0.350. The molecule has 0 bridgehead atoms. The molecule has 0 atom stereocenters. The minimum atomic E-state index is -0.169. The fourth-order valence-corrected chi connectivity index (χ4v) is 2.99. The first-order chi connectivity index (χ1) is 12.7. The molecule has 0 radical (unpaired) electrons. The highest BCUT2D eigenvalue weighted by Crippen LogP contribution is 2.20. The van der Waals surface area contributed by atoms with Crippen LogP contribution in [0.3, 0.4) is 0 Å². The van der Waals surface area contributed by atoms with Crippen molar-refractivity contribution in [1.29, 1.82) is 0 Å². The molecule has 1 fully saturated rings. The largest absolute Gasteiger partial charge is 0.439 e. The van der Waals surface area contributed by atoms with Crippen LogP contribution in [0.2, 0.25) is 0 Å². The number of hydrogen-bond donors (Lipinski definition) is 0. The van der Waals surface area contributed by atoms with Crippen molar-refractivity contribution in [3.63, 3.8) is 0 Å². The van der Waals surface area contributed by atoms with Gasteiger partial charge in [0, 0.05) is 37.5 Å². The molecule has 136 valence electrons. The standard InChI is InChI=1S/C20H23N3O3/c1-2-11-22-12-6-13-23(15-19(22)24)20(25)16-9-10-21-18(14-16)26-17-7-4-3-5-8-17/h3-5,7-10,14H,2,6,11-13,15H2,1H3. The fourth-order valence-electron chi connectivity index (χ4n) is 2.99. The van der Waals surface area contributed by atoms with E-state index in [1.807, 2.05) is 42.2 Å². The van der Waals surface area contributed by atoms with Crippen LogP contribution < -0.4 is 4.74 Å². The van der Waals surface area contributed by atoms with Crippen molar-refractivity contribution in [3.8, 4) is 11.6 Å². The van der Waals surface area contributed by atoms with Crippen LogP contribution in [0.5, 0.6) is 11.6 Å². The maximum Gasteiger partial charge on any atom is 0.254 e. The van der Waals surface area contributed by atoms with Crippen LogP contribution in [0.15, 0.2) is 48.7 Å². The van der Waals surface area contributed by atoms with Gasteiger partial charge in [0.1, 0.15) is 12.3 Å². The van der Waals surface area contributed by atoms with Gasteiger partial charge in [-0.1, -0.05) is 25.1 Å². The lowest BCUT2D eigenvalue weighted by Gasteiger charge is -2.21. The molecule has 6 heteroatoms. The number of rotatable bonds is 5. The Labute approximate surface area is 153 Å². The predicted octanol–water partition coefficient (Wildman–Crippen LogP) is 2.96. The molecule has 2 aromatic rings. The van der Waals surface area contributed by atoms with Crippen molar-refractivity contribution in [2.45, 2.75) is 19.8 Å². The summed E-state index contributed by atoms with van der Waals surface area (Å²) >= 11 is 0. The molecule has 0 unspecified atom stereocenters. The lowest BCUT2D eigenvalue weighted by atomic mass is 10.2. The number of nitrogens with zero attached hydrogens (tertiary/aromatic N) is 3. The Bertz CT molecular complexity index is 764. The van der Waals surface area contributed by atoms with Gasteiger partial charge in [-0.3, -0.25) is 9.59 Å². The number of para-hydroxylation sites is 1. The predicted molar refractivity (Wildman–Crippen MR) is 98.1 cm³/mol. The number of benzene rings is 1. The van der Waals surface area contributed by atoms with E-state index in [0.29, 0.717) is 30.3 Å². The summed E-state index contributed by atoms with van der Waals surface area (Å²) in [6.45, 7) is 4.19. The Morgan fingerprint density at radius 1 is 1.19 bits per heavy atom. The van der Waals surface area contributed by atoms with E-state index in [4.69, 9.17) is 4.74 Å². The van der Waals surface area contributed by atoms with Crippen LogP contribution >= 0.6 is 0 Å². The van der Waals surface area contributed by atoms with E-state index < -0.39 is 0 Å². The van der Waals surface area contributed by atoms with E-state index in [1.165, 1.54) is 0 Å². The summed E-state index contributed by atoms with van der Waals surface area (Å²) in [7, 11) is 0. The normalized spacial score (nSPS) is 14.9. The lowest BCUT2D eigenvalue weighted by Crippen LogP contribution is -2.39. The van der Waals surface area contributed by atoms with Gasteiger partial charge in [0.15, 0.2) is 0 Å². The van der Waals surface area contributed by atoms with Crippen molar-refractivity contribution in [3.05, 3.63) is 54.2 Å². The first kappa shape index (κ1) is 17.9. The molecular weight excluding hydrogens is 330 g/mol. The van der Waals surface area contributed by atoms with E-state index in [0.717, 1.165) is 19.4 Å². The Kier molecular flexibility index (Phi) is 5.84. The van der Waals surface area contributed by atoms with Crippen LogP contribution in [0.4, 0.5) is 0 Å². The molecule has 1 saturated heterocycles. The molecule has 0 saturated carbocycles. The van der Waals surface area contributed by atoms with E-state index in [9.17, 15) is 9.59 Å². The van der Waals surface area contributed by atoms with Crippen molar-refractivity contribution in [1.82, 2.24) is 14.8 Å². The molecule has 2 amide bonds. The quantitative estimate of drug-likeness (QED) is 0.829. The zero-order chi connectivity index (χ0) is 18.4. The van der Waals surface area contributed by atoms with Gasteiger partial charge in [0.25, 0.3) is 5.91 Å². The number of amides is 2. The van der Waals surface area contributed by atoms with Gasteiger partial charge in [0.2, 0.25) is 11.8 Å². The topological polar surface area (TPSA) is 62.7 Å². The van der Waals surface area contributed by atoms with E-state index >= 15 is 0 Å². The van der Waals surface area contributed by atoms with E-state index in [-0.39, 0.29) is 18.4 Å². The maximum absolute atomic E-state index is 12.8. The SMILES string of the molecule is CCCN1CCCN(C(=O)c2ccnc(Oc3ccccc3)c2)CC1=O. The highest BCUT2D eigenvalue weighted by Gasteiger charge is 2.25. The van der Waals surface area contributed by atoms with Crippen LogP contribution in [-0.4, -0.2) is 52.8 Å². The number of hydrogen-bond acceptors (Lipinski definition) is 4. The molecule has 0 spiro atoms. The number of carbonyl (C=O) groups excluding carboxylic acids is 2. The molecule has 3 rings (SSSR count). The summed E-state index contributed by atoms with van der Waals surface area (Å²) in [4.78, 5) is 32.8. The van der Waals surface area contributed by atoms with Crippen molar-refractivity contribution < 1.29 is 14.3 Å². The van der Waals surface area contributed by atoms with Gasteiger partial charge in [-0.15, -0.1) is 0 Å². The summed E-state index contributed by atoms with van der Waals surface area (Å²) in [6.07, 6.45) is 3.26. The maximum atomic E-state index is 12.8. The number of ether oxygens (including phenoxy) is 1. The third-order valence-corrected chi connectivity index (χ3v) is 4.26. The average molecular weight is 353 g/mol. The molecule has 2 heterocycles. The molecule has 1 aliphatic heterocycles. The van der Waals surface area contributed by atoms with E-state index in [2.05, 4.69) is 4.98 Å². The van der Waals surface area contributed by atoms with Crippen LogP contribution in [0.25, 0.3) is 0 Å². The molecule has 0 N–H and O–H groups in total. The van der Waals surface area contributed by atoms with Gasteiger partial charge < -0.3 is 14.5 Å². The highest BCUT2D eigenvalue weighted by atomic mass is 16.5. The summed E-state index contributed by atoms with van der Waals surface area (Å²) < 4.78 is 5.69. The molecule has 1 aromatic heterocycles. The molecule has 1 aliphatic rings. The second kappa shape index (κ2) is 8.47. The Morgan fingerprint density at radius 2 is 2.00 bits per heavy atom. The zero-order valence-corrected chi connectivity index (χ0v) is 14.9.